The van der Waals surface area contributed by atoms with Crippen molar-refractivity contribution in [2.45, 2.75) is 12.5 Å². The third kappa shape index (κ3) is 4.77. The summed E-state index contributed by atoms with van der Waals surface area (Å²) >= 11 is 10.4. The first-order valence-corrected chi connectivity index (χ1v) is 8.60. The number of amides is 1. The molecule has 1 amide bonds. The van der Waals surface area contributed by atoms with Gasteiger partial charge in [-0.15, -0.1) is 0 Å². The van der Waals surface area contributed by atoms with E-state index in [1.165, 1.54) is 6.07 Å². The lowest BCUT2D eigenvalue weighted by Crippen LogP contribution is -2.38. The van der Waals surface area contributed by atoms with Crippen molar-refractivity contribution in [3.05, 3.63) is 69.7 Å². The summed E-state index contributed by atoms with van der Waals surface area (Å²) in [5.41, 5.74) is 0.0776. The van der Waals surface area contributed by atoms with E-state index in [0.29, 0.717) is 17.2 Å². The number of benzene rings is 2. The summed E-state index contributed by atoms with van der Waals surface area (Å²) in [6.45, 7) is 0. The Balaban J connectivity index is 2.20. The summed E-state index contributed by atoms with van der Waals surface area (Å²) in [5.74, 6) is -2.97. The van der Waals surface area contributed by atoms with Crippen molar-refractivity contribution in [1.29, 1.82) is 0 Å². The van der Waals surface area contributed by atoms with Crippen LogP contribution in [0.15, 0.2) is 42.5 Å². The third-order valence-corrected chi connectivity index (χ3v) is 4.53. The van der Waals surface area contributed by atoms with Crippen molar-refractivity contribution in [2.75, 3.05) is 5.75 Å². The van der Waals surface area contributed by atoms with Crippen LogP contribution in [-0.2, 0) is 6.42 Å². The fourth-order valence-electron chi connectivity index (χ4n) is 2.41. The zero-order chi connectivity index (χ0) is 19.3. The van der Waals surface area contributed by atoms with Crippen molar-refractivity contribution >= 4 is 42.1 Å². The first-order chi connectivity index (χ1) is 12.3. The summed E-state index contributed by atoms with van der Waals surface area (Å²) in [5, 5.41) is 21.5. The predicted molar refractivity (Wildman–Crippen MR) is 101 cm³/mol. The van der Waals surface area contributed by atoms with E-state index in [9.17, 15) is 14.4 Å². The van der Waals surface area contributed by atoms with Crippen LogP contribution >= 0.6 is 24.2 Å². The number of carbonyl (C=O) groups excluding carboxylic acids is 1. The molecule has 0 saturated carbocycles. The van der Waals surface area contributed by atoms with E-state index in [0.717, 1.165) is 17.7 Å². The molecule has 2 aromatic rings. The first kappa shape index (κ1) is 19.8. The summed E-state index contributed by atoms with van der Waals surface area (Å²) < 4.78 is 0. The van der Waals surface area contributed by atoms with Gasteiger partial charge in [-0.1, -0.05) is 29.8 Å². The van der Waals surface area contributed by atoms with Crippen molar-refractivity contribution in [3.63, 3.8) is 0 Å². The third-order valence-electron chi connectivity index (χ3n) is 3.72. The average Bonchev–Trinajstić information content (AvgIpc) is 2.62. The van der Waals surface area contributed by atoms with Gasteiger partial charge in [0.05, 0.1) is 11.1 Å². The first-order valence-electron chi connectivity index (χ1n) is 7.59. The molecular formula is C18H16ClNO5S. The van der Waals surface area contributed by atoms with Crippen LogP contribution in [0.1, 0.15) is 36.6 Å². The second-order valence-electron chi connectivity index (χ2n) is 5.52. The highest BCUT2D eigenvalue weighted by molar-refractivity contribution is 7.80. The van der Waals surface area contributed by atoms with Crippen LogP contribution < -0.4 is 5.32 Å². The Bertz CT molecular complexity index is 855. The molecule has 0 unspecified atom stereocenters. The Hall–Kier alpha value is -2.51. The van der Waals surface area contributed by atoms with E-state index in [4.69, 9.17) is 21.8 Å². The zero-order valence-electron chi connectivity index (χ0n) is 13.5. The van der Waals surface area contributed by atoms with Crippen LogP contribution in [0.3, 0.4) is 0 Å². The molecule has 6 nitrogen and oxygen atoms in total. The molecule has 0 spiro atoms. The van der Waals surface area contributed by atoms with Crippen LogP contribution in [0.25, 0.3) is 0 Å². The van der Waals surface area contributed by atoms with E-state index >= 15 is 0 Å². The number of carboxylic acid groups (broad SMARTS) is 2. The van der Waals surface area contributed by atoms with Crippen molar-refractivity contribution < 1.29 is 24.6 Å². The highest BCUT2D eigenvalue weighted by Gasteiger charge is 2.20. The van der Waals surface area contributed by atoms with Gasteiger partial charge in [0.15, 0.2) is 0 Å². The van der Waals surface area contributed by atoms with E-state index in [1.54, 1.807) is 12.1 Å². The maximum atomic E-state index is 12.4. The number of hydrogen-bond acceptors (Lipinski definition) is 4. The molecule has 0 radical (unpaired) electrons. The Kier molecular flexibility index (Phi) is 6.65. The van der Waals surface area contributed by atoms with Gasteiger partial charge in [0.25, 0.3) is 5.91 Å². The molecule has 26 heavy (non-hydrogen) atoms. The fourth-order valence-corrected chi connectivity index (χ4v) is 2.84. The molecule has 3 N–H and O–H groups in total. The Morgan fingerprint density at radius 2 is 1.69 bits per heavy atom. The largest absolute Gasteiger partial charge is 0.478 e. The molecule has 2 aromatic carbocycles. The Morgan fingerprint density at radius 1 is 1.04 bits per heavy atom. The molecule has 0 aromatic heterocycles. The second kappa shape index (κ2) is 8.73. The summed E-state index contributed by atoms with van der Waals surface area (Å²) in [6.07, 6.45) is 0.452. The molecule has 2 rings (SSSR count). The van der Waals surface area contributed by atoms with Crippen molar-refractivity contribution in [3.8, 4) is 0 Å². The highest BCUT2D eigenvalue weighted by atomic mass is 35.5. The van der Waals surface area contributed by atoms with Crippen LogP contribution in [0.4, 0.5) is 0 Å². The quantitative estimate of drug-likeness (QED) is 0.541. The number of nitrogens with one attached hydrogen (secondary N) is 1. The SMILES string of the molecule is O=C(N[C@@H](CS)Cc1ccccc1Cl)c1ccc(C(=O)O)c(C(=O)O)c1. The number of thiol groups is 1. The molecule has 0 aliphatic carbocycles. The fraction of sp³-hybridized carbons (Fsp3) is 0.167. The molecule has 8 heteroatoms. The van der Waals surface area contributed by atoms with Gasteiger partial charge in [0.2, 0.25) is 0 Å². The topological polar surface area (TPSA) is 104 Å². The van der Waals surface area contributed by atoms with E-state index in [2.05, 4.69) is 17.9 Å². The molecular weight excluding hydrogens is 378 g/mol. The lowest BCUT2D eigenvalue weighted by molar-refractivity contribution is 0.0651. The van der Waals surface area contributed by atoms with Gasteiger partial charge in [-0.3, -0.25) is 4.79 Å². The smallest absolute Gasteiger partial charge is 0.336 e. The number of carboxylic acids is 2. The minimum atomic E-state index is -1.42. The lowest BCUT2D eigenvalue weighted by atomic mass is 10.0. The second-order valence-corrected chi connectivity index (χ2v) is 6.29. The van der Waals surface area contributed by atoms with Gasteiger partial charge in [0, 0.05) is 22.4 Å². The molecule has 0 fully saturated rings. The van der Waals surface area contributed by atoms with Gasteiger partial charge in [-0.05, 0) is 36.2 Å². The van der Waals surface area contributed by atoms with Gasteiger partial charge < -0.3 is 15.5 Å². The van der Waals surface area contributed by atoms with E-state index < -0.39 is 23.4 Å². The Morgan fingerprint density at radius 3 is 2.27 bits per heavy atom. The van der Waals surface area contributed by atoms with Gasteiger partial charge >= 0.3 is 11.9 Å². The lowest BCUT2D eigenvalue weighted by Gasteiger charge is -2.18. The standard InChI is InChI=1S/C18H16ClNO5S/c19-15-4-2-1-3-10(15)7-12(9-26)20-16(21)11-5-6-13(17(22)23)14(8-11)18(24)25/h1-6,8,12,26H,7,9H2,(H,20,21)(H,22,23)(H,24,25)/t12-/m1/s1. The van der Waals surface area contributed by atoms with E-state index in [-0.39, 0.29) is 17.2 Å². The van der Waals surface area contributed by atoms with Crippen LogP contribution in [0.2, 0.25) is 5.02 Å². The van der Waals surface area contributed by atoms with Gasteiger partial charge in [-0.25, -0.2) is 9.59 Å². The van der Waals surface area contributed by atoms with Crippen LogP contribution in [-0.4, -0.2) is 39.9 Å². The molecule has 0 aliphatic heterocycles. The highest BCUT2D eigenvalue weighted by Crippen LogP contribution is 2.18. The summed E-state index contributed by atoms with van der Waals surface area (Å²) in [4.78, 5) is 34.7. The minimum Gasteiger partial charge on any atom is -0.478 e. The van der Waals surface area contributed by atoms with E-state index in [1.807, 2.05) is 12.1 Å². The molecule has 136 valence electrons. The normalized spacial score (nSPS) is 11.6. The molecule has 0 saturated heterocycles. The average molecular weight is 394 g/mol. The number of carbonyl (C=O) groups is 3. The maximum absolute atomic E-state index is 12.4. The number of hydrogen-bond donors (Lipinski definition) is 4. The van der Waals surface area contributed by atoms with Crippen molar-refractivity contribution in [1.82, 2.24) is 5.32 Å². The number of aromatic carboxylic acids is 2. The molecule has 0 aliphatic rings. The Labute approximate surface area is 160 Å². The molecule has 1 atom stereocenters. The molecule has 0 bridgehead atoms. The van der Waals surface area contributed by atoms with Crippen molar-refractivity contribution in [2.24, 2.45) is 0 Å². The van der Waals surface area contributed by atoms with Crippen LogP contribution in [0.5, 0.6) is 0 Å². The molecule has 0 heterocycles. The number of halogens is 1. The monoisotopic (exact) mass is 393 g/mol. The van der Waals surface area contributed by atoms with Gasteiger partial charge in [0.1, 0.15) is 0 Å². The maximum Gasteiger partial charge on any atom is 0.336 e. The number of rotatable bonds is 7. The van der Waals surface area contributed by atoms with Crippen LogP contribution in [0, 0.1) is 0 Å². The van der Waals surface area contributed by atoms with Gasteiger partial charge in [-0.2, -0.15) is 12.6 Å². The summed E-state index contributed by atoms with van der Waals surface area (Å²) in [7, 11) is 0. The summed E-state index contributed by atoms with van der Waals surface area (Å²) in [6, 6.07) is 10.3. The zero-order valence-corrected chi connectivity index (χ0v) is 15.1. The minimum absolute atomic E-state index is 0.0540. The predicted octanol–water partition coefficient (Wildman–Crippen LogP) is 3.01.